The minimum absolute atomic E-state index is 0.0735. The number of ether oxygens (including phenoxy) is 2. The second-order valence-corrected chi connectivity index (χ2v) is 12.0. The van der Waals surface area contributed by atoms with E-state index in [0.29, 0.717) is 31.2 Å². The second kappa shape index (κ2) is 14.6. The topological polar surface area (TPSA) is 80.2 Å². The summed E-state index contributed by atoms with van der Waals surface area (Å²) in [7, 11) is 0. The average molecular weight is 658 g/mol. The lowest BCUT2D eigenvalue weighted by Gasteiger charge is -2.30. The van der Waals surface area contributed by atoms with Crippen LogP contribution in [-0.2, 0) is 16.1 Å². The first kappa shape index (κ1) is 30.6. The summed E-state index contributed by atoms with van der Waals surface area (Å²) in [6.45, 7) is 4.80. The molecular weight excluding hydrogens is 624 g/mol. The Labute approximate surface area is 265 Å². The SMILES string of the molecule is C=CC[C@@]1(C(=O)NCc2ccccc2Sc2ccccc2)N=C(c2ccc(OCCCO)cc2)O[C@@H]1c1ccccc1Br. The Kier molecular flexibility index (Phi) is 10.4. The number of nitrogens with one attached hydrogen (secondary N) is 1. The molecule has 220 valence electrons. The van der Waals surface area contributed by atoms with E-state index < -0.39 is 11.6 Å². The number of aliphatic hydroxyl groups excluding tert-OH is 1. The van der Waals surface area contributed by atoms with Crippen LogP contribution in [0.4, 0.5) is 0 Å². The van der Waals surface area contributed by atoms with Crippen molar-refractivity contribution < 1.29 is 19.4 Å². The fourth-order valence-corrected chi connectivity index (χ4v) is 6.35. The van der Waals surface area contributed by atoms with E-state index in [1.165, 1.54) is 0 Å². The van der Waals surface area contributed by atoms with Crippen LogP contribution in [0.3, 0.4) is 0 Å². The van der Waals surface area contributed by atoms with E-state index in [2.05, 4.69) is 46.0 Å². The van der Waals surface area contributed by atoms with Crippen LogP contribution in [0.15, 0.2) is 135 Å². The van der Waals surface area contributed by atoms with Gasteiger partial charge in [-0.1, -0.05) is 88.4 Å². The van der Waals surface area contributed by atoms with Gasteiger partial charge in [-0.2, -0.15) is 0 Å². The van der Waals surface area contributed by atoms with E-state index in [0.717, 1.165) is 31.0 Å². The Hall–Kier alpha value is -3.85. The number of aliphatic imine (C=N–C) groups is 1. The van der Waals surface area contributed by atoms with Gasteiger partial charge >= 0.3 is 0 Å². The zero-order chi connectivity index (χ0) is 30.1. The van der Waals surface area contributed by atoms with Crippen LogP contribution in [0.25, 0.3) is 0 Å². The number of carbonyl (C=O) groups excluding carboxylic acids is 1. The van der Waals surface area contributed by atoms with E-state index in [1.807, 2.05) is 84.9 Å². The van der Waals surface area contributed by atoms with Crippen molar-refractivity contribution in [2.24, 2.45) is 4.99 Å². The van der Waals surface area contributed by atoms with Gasteiger partial charge in [0.05, 0.1) is 6.61 Å². The summed E-state index contributed by atoms with van der Waals surface area (Å²) < 4.78 is 13.0. The average Bonchev–Trinajstić information content (AvgIpc) is 3.42. The minimum atomic E-state index is -1.28. The van der Waals surface area contributed by atoms with Crippen molar-refractivity contribution in [2.45, 2.75) is 40.8 Å². The maximum atomic E-state index is 14.3. The molecule has 0 aliphatic carbocycles. The normalized spacial score (nSPS) is 17.5. The van der Waals surface area contributed by atoms with Gasteiger partial charge in [-0.05, 0) is 54.1 Å². The Balaban J connectivity index is 1.45. The molecule has 5 rings (SSSR count). The van der Waals surface area contributed by atoms with Crippen LogP contribution in [0.5, 0.6) is 5.75 Å². The molecule has 0 fully saturated rings. The molecule has 1 amide bonds. The third kappa shape index (κ3) is 7.21. The van der Waals surface area contributed by atoms with Gasteiger partial charge in [-0.25, -0.2) is 4.99 Å². The standard InChI is InChI=1S/C35H33BrN2O4S/c1-2-21-35(34(40)37-24-26-11-6-9-16-31(26)43-28-12-4-3-5-13-28)32(29-14-7-8-15-30(29)36)42-33(38-35)25-17-19-27(20-18-25)41-23-10-22-39/h2-9,11-20,32,39H,1,10,21-24H2,(H,37,40)/t32-,35-/m1/s1. The number of hydrogen-bond donors (Lipinski definition) is 2. The third-order valence-corrected chi connectivity index (χ3v) is 8.90. The maximum Gasteiger partial charge on any atom is 0.252 e. The highest BCUT2D eigenvalue weighted by Crippen LogP contribution is 2.45. The molecule has 1 aliphatic heterocycles. The second-order valence-electron chi connectivity index (χ2n) is 10.0. The molecule has 0 unspecified atom stereocenters. The fourth-order valence-electron chi connectivity index (χ4n) is 4.89. The summed E-state index contributed by atoms with van der Waals surface area (Å²) in [6.07, 6.45) is 1.86. The number of amides is 1. The van der Waals surface area contributed by atoms with Gasteiger partial charge in [0, 0.05) is 51.4 Å². The highest BCUT2D eigenvalue weighted by atomic mass is 79.9. The van der Waals surface area contributed by atoms with E-state index in [4.69, 9.17) is 19.6 Å². The highest BCUT2D eigenvalue weighted by Gasteiger charge is 2.52. The van der Waals surface area contributed by atoms with E-state index >= 15 is 0 Å². The number of hydrogen-bond acceptors (Lipinski definition) is 6. The lowest BCUT2D eigenvalue weighted by atomic mass is 9.84. The lowest BCUT2D eigenvalue weighted by molar-refractivity contribution is -0.129. The fraction of sp³-hybridized carbons (Fsp3) is 0.200. The molecule has 8 heteroatoms. The molecule has 43 heavy (non-hydrogen) atoms. The van der Waals surface area contributed by atoms with Crippen molar-refractivity contribution >= 4 is 39.5 Å². The zero-order valence-corrected chi connectivity index (χ0v) is 26.0. The summed E-state index contributed by atoms with van der Waals surface area (Å²) in [5.41, 5.74) is 1.28. The first-order valence-corrected chi connectivity index (χ1v) is 15.7. The van der Waals surface area contributed by atoms with E-state index in [9.17, 15) is 4.79 Å². The molecule has 0 radical (unpaired) electrons. The molecule has 0 saturated heterocycles. The molecular formula is C35H33BrN2O4S. The van der Waals surface area contributed by atoms with Crippen LogP contribution in [0, 0.1) is 0 Å². The molecule has 0 spiro atoms. The Morgan fingerprint density at radius 3 is 2.49 bits per heavy atom. The molecule has 4 aromatic carbocycles. The number of nitrogens with zero attached hydrogens (tertiary/aromatic N) is 1. The van der Waals surface area contributed by atoms with Crippen LogP contribution in [-0.4, -0.2) is 35.7 Å². The smallest absolute Gasteiger partial charge is 0.252 e. The molecule has 6 nitrogen and oxygen atoms in total. The molecule has 2 atom stereocenters. The van der Waals surface area contributed by atoms with Crippen molar-refractivity contribution in [1.82, 2.24) is 5.32 Å². The van der Waals surface area contributed by atoms with Crippen LogP contribution in [0.2, 0.25) is 0 Å². The van der Waals surface area contributed by atoms with E-state index in [-0.39, 0.29) is 18.9 Å². The summed E-state index contributed by atoms with van der Waals surface area (Å²) in [5, 5.41) is 12.2. The summed E-state index contributed by atoms with van der Waals surface area (Å²) in [5.74, 6) is 0.812. The third-order valence-electron chi connectivity index (χ3n) is 7.06. The quantitative estimate of drug-likeness (QED) is 0.115. The number of benzene rings is 4. The summed E-state index contributed by atoms with van der Waals surface area (Å²) in [6, 6.07) is 33.4. The van der Waals surface area contributed by atoms with Gasteiger partial charge < -0.3 is 19.9 Å². The van der Waals surface area contributed by atoms with Crippen molar-refractivity contribution in [3.8, 4) is 5.75 Å². The number of aliphatic hydroxyl groups is 1. The van der Waals surface area contributed by atoms with Gasteiger partial charge in [0.15, 0.2) is 11.6 Å². The van der Waals surface area contributed by atoms with Gasteiger partial charge in [0.2, 0.25) is 5.90 Å². The molecule has 0 aromatic heterocycles. The first-order valence-electron chi connectivity index (χ1n) is 14.1. The Bertz CT molecular complexity index is 1580. The minimum Gasteiger partial charge on any atom is -0.494 e. The molecule has 0 bridgehead atoms. The zero-order valence-electron chi connectivity index (χ0n) is 23.6. The summed E-state index contributed by atoms with van der Waals surface area (Å²) >= 11 is 5.33. The van der Waals surface area contributed by atoms with Gasteiger partial charge in [0.25, 0.3) is 5.91 Å². The predicted molar refractivity (Wildman–Crippen MR) is 175 cm³/mol. The lowest BCUT2D eigenvalue weighted by Crippen LogP contribution is -2.47. The Morgan fingerprint density at radius 2 is 1.74 bits per heavy atom. The Morgan fingerprint density at radius 1 is 1.02 bits per heavy atom. The van der Waals surface area contributed by atoms with Crippen molar-refractivity contribution in [3.63, 3.8) is 0 Å². The molecule has 1 aliphatic rings. The van der Waals surface area contributed by atoms with Crippen LogP contribution >= 0.6 is 27.7 Å². The van der Waals surface area contributed by atoms with Crippen LogP contribution < -0.4 is 10.1 Å². The van der Waals surface area contributed by atoms with Crippen molar-refractivity contribution in [1.29, 1.82) is 0 Å². The van der Waals surface area contributed by atoms with Crippen molar-refractivity contribution in [3.05, 3.63) is 137 Å². The molecule has 0 saturated carbocycles. The van der Waals surface area contributed by atoms with Gasteiger partial charge in [-0.15, -0.1) is 6.58 Å². The molecule has 2 N–H and O–H groups in total. The monoisotopic (exact) mass is 656 g/mol. The first-order chi connectivity index (χ1) is 21.0. The predicted octanol–water partition coefficient (Wildman–Crippen LogP) is 7.51. The largest absolute Gasteiger partial charge is 0.494 e. The van der Waals surface area contributed by atoms with Gasteiger partial charge in [0.1, 0.15) is 5.75 Å². The highest BCUT2D eigenvalue weighted by molar-refractivity contribution is 9.10. The number of carbonyl (C=O) groups is 1. The van der Waals surface area contributed by atoms with Crippen molar-refractivity contribution in [2.75, 3.05) is 13.2 Å². The van der Waals surface area contributed by atoms with Gasteiger partial charge in [-0.3, -0.25) is 4.79 Å². The number of rotatable bonds is 13. The maximum absolute atomic E-state index is 14.3. The van der Waals surface area contributed by atoms with Crippen LogP contribution in [0.1, 0.15) is 35.6 Å². The molecule has 1 heterocycles. The number of halogens is 1. The summed E-state index contributed by atoms with van der Waals surface area (Å²) in [4.78, 5) is 21.5. The molecule has 4 aromatic rings. The van der Waals surface area contributed by atoms with E-state index in [1.54, 1.807) is 17.8 Å².